The number of rotatable bonds is 32. The molecule has 0 bridgehead atoms. The molecule has 10 N–H and O–H groups in total. The van der Waals surface area contributed by atoms with E-state index in [-0.39, 0.29) is 45.1 Å². The largest absolute Gasteiger partial charge is 0.445 e. The summed E-state index contributed by atoms with van der Waals surface area (Å²) in [5.41, 5.74) is 16.5. The van der Waals surface area contributed by atoms with Crippen LogP contribution in [0.15, 0.2) is 24.3 Å². The molecule has 0 aliphatic rings. The first-order valence-corrected chi connectivity index (χ1v) is 17.6. The lowest BCUT2D eigenvalue weighted by atomic mass is 10.0. The molecule has 19 heteroatoms. The van der Waals surface area contributed by atoms with Crippen LogP contribution in [0.4, 0.5) is 15.3 Å². The molecular weight excluding hydrogens is 698 g/mol. The molecule has 0 unspecified atom stereocenters. The number of carbonyl (C=O) groups excluding carboxylic acids is 5. The predicted octanol–water partition coefficient (Wildman–Crippen LogP) is -0.257. The second kappa shape index (κ2) is 30.4. The predicted molar refractivity (Wildman–Crippen MR) is 194 cm³/mol. The molecule has 53 heavy (non-hydrogen) atoms. The lowest BCUT2D eigenvalue weighted by Crippen LogP contribution is -2.54. The van der Waals surface area contributed by atoms with E-state index >= 15 is 0 Å². The number of benzene rings is 1. The Labute approximate surface area is 310 Å². The van der Waals surface area contributed by atoms with E-state index in [2.05, 4.69) is 21.3 Å². The minimum absolute atomic E-state index is 0.00981. The molecule has 19 nitrogen and oxygen atoms in total. The monoisotopic (exact) mass is 757 g/mol. The fraction of sp³-hybridized carbons (Fsp3) is 0.676. The number of nitrogens with two attached hydrogens (primary N) is 3. The number of hydrogen-bond acceptors (Lipinski definition) is 13. The third kappa shape index (κ3) is 25.5. The summed E-state index contributed by atoms with van der Waals surface area (Å²) >= 11 is 0. The van der Waals surface area contributed by atoms with Gasteiger partial charge in [0, 0.05) is 25.2 Å². The van der Waals surface area contributed by atoms with Gasteiger partial charge in [0.1, 0.15) is 18.7 Å². The topological polar surface area (TPSA) is 276 Å². The van der Waals surface area contributed by atoms with Crippen molar-refractivity contribution in [2.24, 2.45) is 23.1 Å². The van der Waals surface area contributed by atoms with E-state index in [0.29, 0.717) is 90.3 Å². The number of anilines is 1. The molecule has 0 fully saturated rings. The lowest BCUT2D eigenvalue weighted by molar-refractivity contribution is -0.132. The fourth-order valence-corrected chi connectivity index (χ4v) is 4.35. The summed E-state index contributed by atoms with van der Waals surface area (Å²) in [5, 5.41) is 10.6. The molecule has 0 aliphatic carbocycles. The van der Waals surface area contributed by atoms with Crippen molar-refractivity contribution >= 4 is 35.5 Å². The molecule has 302 valence electrons. The van der Waals surface area contributed by atoms with E-state index in [0.717, 1.165) is 0 Å². The molecular formula is C34H59N7O12. The first-order valence-electron chi connectivity index (χ1n) is 17.6. The van der Waals surface area contributed by atoms with Gasteiger partial charge in [0.05, 0.1) is 79.3 Å². The average molecular weight is 758 g/mol. The van der Waals surface area contributed by atoms with Gasteiger partial charge in [-0.25, -0.2) is 9.59 Å². The van der Waals surface area contributed by atoms with Crippen LogP contribution in [0, 0.1) is 5.92 Å². The average Bonchev–Trinajstić information content (AvgIpc) is 3.12. The van der Waals surface area contributed by atoms with Crippen molar-refractivity contribution in [2.75, 3.05) is 97.7 Å². The Bertz CT molecular complexity index is 1180. The number of nitrogens with one attached hydrogen (secondary N) is 4. The number of urea groups is 1. The number of amides is 6. The molecule has 6 amide bonds. The van der Waals surface area contributed by atoms with E-state index in [1.807, 2.05) is 0 Å². The van der Waals surface area contributed by atoms with Crippen LogP contribution in [0.2, 0.25) is 0 Å². The maximum Gasteiger partial charge on any atom is 0.404 e. The Morgan fingerprint density at radius 2 is 1.19 bits per heavy atom. The molecule has 0 aromatic heterocycles. The van der Waals surface area contributed by atoms with Crippen molar-refractivity contribution < 1.29 is 57.1 Å². The summed E-state index contributed by atoms with van der Waals surface area (Å²) in [7, 11) is 0. The van der Waals surface area contributed by atoms with Crippen LogP contribution in [-0.2, 0) is 54.1 Å². The molecule has 0 saturated carbocycles. The van der Waals surface area contributed by atoms with Crippen molar-refractivity contribution in [3.05, 3.63) is 29.8 Å². The Kier molecular flexibility index (Phi) is 26.9. The zero-order valence-corrected chi connectivity index (χ0v) is 30.9. The van der Waals surface area contributed by atoms with Crippen molar-refractivity contribution in [1.82, 2.24) is 16.0 Å². The molecule has 0 spiro atoms. The molecule has 0 aliphatic heterocycles. The molecule has 1 aromatic rings. The number of ether oxygens (including phenoxy) is 7. The van der Waals surface area contributed by atoms with Crippen molar-refractivity contribution in [3.63, 3.8) is 0 Å². The molecule has 0 radical (unpaired) electrons. The fourth-order valence-electron chi connectivity index (χ4n) is 4.35. The van der Waals surface area contributed by atoms with E-state index in [1.165, 1.54) is 0 Å². The Morgan fingerprint density at radius 1 is 0.679 bits per heavy atom. The summed E-state index contributed by atoms with van der Waals surface area (Å²) in [6, 6.07) is 3.85. The van der Waals surface area contributed by atoms with E-state index in [9.17, 15) is 24.0 Å². The number of carbonyl (C=O) groups is 5. The van der Waals surface area contributed by atoms with E-state index in [4.69, 9.17) is 50.4 Å². The highest BCUT2D eigenvalue weighted by atomic mass is 16.6. The first kappa shape index (κ1) is 46.9. The Morgan fingerprint density at radius 3 is 1.66 bits per heavy atom. The van der Waals surface area contributed by atoms with Crippen LogP contribution in [0.25, 0.3) is 0 Å². The second-order valence-corrected chi connectivity index (χ2v) is 11.8. The molecule has 1 rings (SSSR count). The van der Waals surface area contributed by atoms with Gasteiger partial charge < -0.3 is 71.6 Å². The summed E-state index contributed by atoms with van der Waals surface area (Å²) < 4.78 is 37.1. The smallest absolute Gasteiger partial charge is 0.404 e. The number of hydrogen-bond donors (Lipinski definition) is 7. The Hall–Kier alpha value is -4.11. The third-order valence-electron chi connectivity index (χ3n) is 7.07. The van der Waals surface area contributed by atoms with Gasteiger partial charge in [-0.1, -0.05) is 26.0 Å². The Balaban J connectivity index is 2.38. The van der Waals surface area contributed by atoms with Gasteiger partial charge in [-0.2, -0.15) is 0 Å². The van der Waals surface area contributed by atoms with Crippen LogP contribution >= 0.6 is 0 Å². The molecule has 0 heterocycles. The molecule has 0 saturated heterocycles. The van der Waals surface area contributed by atoms with Crippen LogP contribution in [0.1, 0.15) is 38.7 Å². The second-order valence-electron chi connectivity index (χ2n) is 11.8. The van der Waals surface area contributed by atoms with E-state index in [1.54, 1.807) is 38.1 Å². The van der Waals surface area contributed by atoms with Gasteiger partial charge in [-0.15, -0.1) is 0 Å². The first-order chi connectivity index (χ1) is 25.5. The highest BCUT2D eigenvalue weighted by Crippen LogP contribution is 2.13. The van der Waals surface area contributed by atoms with Gasteiger partial charge in [-0.05, 0) is 36.5 Å². The van der Waals surface area contributed by atoms with Crippen molar-refractivity contribution in [1.29, 1.82) is 0 Å². The van der Waals surface area contributed by atoms with Crippen LogP contribution in [-0.4, -0.2) is 134 Å². The minimum Gasteiger partial charge on any atom is -0.445 e. The maximum atomic E-state index is 13.3. The highest BCUT2D eigenvalue weighted by molar-refractivity contribution is 5.98. The zero-order chi connectivity index (χ0) is 39.1. The number of primary amides is 2. The van der Waals surface area contributed by atoms with Crippen LogP contribution in [0.3, 0.4) is 0 Å². The van der Waals surface area contributed by atoms with E-state index < -0.39 is 41.9 Å². The maximum absolute atomic E-state index is 13.3. The minimum atomic E-state index is -1.00. The summed E-state index contributed by atoms with van der Waals surface area (Å²) in [5.74, 6) is -1.76. The standard InChI is InChI=1S/C34H59N7O12/c1-25(2)30(41-29(42)9-12-47-14-16-49-18-20-51-22-23-52-21-19-50-17-15-48-13-10-35)32(44)40-28(4-3-11-38-33(36)45)31(43)39-27-7-5-26(6-8-27)24-53-34(37)46/h5-8,25,28,30H,3-4,9-24,35H2,1-2H3,(H2,37,46)(H,39,43)(H,40,44)(H,41,42)(H3,36,38,45)/t28-,30-/m0/s1. The normalized spacial score (nSPS) is 12.2. The van der Waals surface area contributed by atoms with Crippen molar-refractivity contribution in [3.8, 4) is 0 Å². The summed E-state index contributed by atoms with van der Waals surface area (Å²) in [6.07, 6.45) is -0.401. The van der Waals surface area contributed by atoms with Gasteiger partial charge in [0.25, 0.3) is 0 Å². The quantitative estimate of drug-likeness (QED) is 0.0468. The SMILES string of the molecule is CC(C)[C@H](NC(=O)CCOCCOCCOCCOCCOCCOCCN)C(=O)N[C@@H](CCCNC(N)=O)C(=O)Nc1ccc(COC(N)=O)cc1. The van der Waals surface area contributed by atoms with Crippen molar-refractivity contribution in [2.45, 2.75) is 51.8 Å². The molecule has 1 aromatic carbocycles. The lowest BCUT2D eigenvalue weighted by Gasteiger charge is -2.25. The summed E-state index contributed by atoms with van der Waals surface area (Å²) in [4.78, 5) is 61.2. The molecule has 2 atom stereocenters. The summed E-state index contributed by atoms with van der Waals surface area (Å²) in [6.45, 7) is 9.00. The van der Waals surface area contributed by atoms with Crippen LogP contribution in [0.5, 0.6) is 0 Å². The highest BCUT2D eigenvalue weighted by Gasteiger charge is 2.28. The van der Waals surface area contributed by atoms with Gasteiger partial charge in [-0.3, -0.25) is 14.4 Å². The van der Waals surface area contributed by atoms with Crippen LogP contribution < -0.4 is 38.5 Å². The third-order valence-corrected chi connectivity index (χ3v) is 7.07. The zero-order valence-electron chi connectivity index (χ0n) is 30.9. The van der Waals surface area contributed by atoms with Gasteiger partial charge in [0.15, 0.2) is 0 Å². The van der Waals surface area contributed by atoms with Gasteiger partial charge in [0.2, 0.25) is 17.7 Å². The van der Waals surface area contributed by atoms with Gasteiger partial charge >= 0.3 is 12.1 Å².